The minimum Gasteiger partial charge on any atom is -0.489 e. The van der Waals surface area contributed by atoms with Crippen LogP contribution in [-0.4, -0.2) is 38.2 Å². The molecule has 2 rings (SSSR count). The minimum absolute atomic E-state index is 0.198. The molecule has 0 N–H and O–H groups in total. The van der Waals surface area contributed by atoms with E-state index in [2.05, 4.69) is 4.74 Å². The summed E-state index contributed by atoms with van der Waals surface area (Å²) < 4.78 is 28.6. The third-order valence-electron chi connectivity index (χ3n) is 3.13. The van der Waals surface area contributed by atoms with Crippen LogP contribution in [-0.2, 0) is 11.3 Å². The lowest BCUT2D eigenvalue weighted by Gasteiger charge is -2.16. The Morgan fingerprint density at radius 1 is 1.32 bits per heavy atom. The van der Waals surface area contributed by atoms with Gasteiger partial charge in [-0.05, 0) is 25.2 Å². The highest BCUT2D eigenvalue weighted by Gasteiger charge is 2.16. The van der Waals surface area contributed by atoms with Crippen LogP contribution in [0.5, 0.6) is 5.75 Å². The predicted molar refractivity (Wildman–Crippen MR) is 78.3 cm³/mol. The van der Waals surface area contributed by atoms with Crippen LogP contribution in [0.3, 0.4) is 0 Å². The van der Waals surface area contributed by atoms with Crippen LogP contribution in [0.2, 0.25) is 0 Å². The molecule has 0 fully saturated rings. The zero-order chi connectivity index (χ0) is 15.9. The van der Waals surface area contributed by atoms with E-state index in [0.29, 0.717) is 19.7 Å². The van der Waals surface area contributed by atoms with Gasteiger partial charge in [-0.25, -0.2) is 9.18 Å². The molecule has 5 nitrogen and oxygen atoms in total. The van der Waals surface area contributed by atoms with Gasteiger partial charge >= 0.3 is 5.97 Å². The molecule has 0 radical (unpaired) electrons. The van der Waals surface area contributed by atoms with E-state index >= 15 is 0 Å². The lowest BCUT2D eigenvalue weighted by atomic mass is 10.2. The molecule has 0 aliphatic carbocycles. The normalized spacial score (nSPS) is 10.7. The van der Waals surface area contributed by atoms with E-state index in [9.17, 15) is 9.18 Å². The van der Waals surface area contributed by atoms with Crippen molar-refractivity contribution in [2.75, 3.05) is 27.3 Å². The lowest BCUT2D eigenvalue weighted by molar-refractivity contribution is 0.0562. The van der Waals surface area contributed by atoms with Crippen molar-refractivity contribution in [3.63, 3.8) is 0 Å². The van der Waals surface area contributed by atoms with E-state index in [1.807, 2.05) is 11.9 Å². The summed E-state index contributed by atoms with van der Waals surface area (Å²) in [5.41, 5.74) is 0.736. The molecule has 1 aromatic carbocycles. The van der Waals surface area contributed by atoms with Crippen LogP contribution in [0.4, 0.5) is 4.39 Å². The van der Waals surface area contributed by atoms with Crippen molar-refractivity contribution in [1.82, 2.24) is 4.90 Å². The third-order valence-corrected chi connectivity index (χ3v) is 3.13. The average molecular weight is 307 g/mol. The summed E-state index contributed by atoms with van der Waals surface area (Å²) in [6.45, 7) is 1.41. The van der Waals surface area contributed by atoms with Gasteiger partial charge in [0.2, 0.25) is 5.76 Å². The number of carbonyl (C=O) groups is 1. The molecule has 0 amide bonds. The monoisotopic (exact) mass is 307 g/mol. The molecule has 118 valence electrons. The first-order valence-electron chi connectivity index (χ1n) is 6.82. The van der Waals surface area contributed by atoms with Crippen LogP contribution in [0.25, 0.3) is 0 Å². The van der Waals surface area contributed by atoms with Crippen LogP contribution in [0.1, 0.15) is 16.1 Å². The Balaban J connectivity index is 1.84. The van der Waals surface area contributed by atoms with Crippen LogP contribution in [0, 0.1) is 5.82 Å². The highest BCUT2D eigenvalue weighted by atomic mass is 19.1. The maximum Gasteiger partial charge on any atom is 0.374 e. The highest BCUT2D eigenvalue weighted by Crippen LogP contribution is 2.16. The first kappa shape index (κ1) is 16.0. The summed E-state index contributed by atoms with van der Waals surface area (Å²) in [5.74, 6) is -0.456. The van der Waals surface area contributed by atoms with E-state index in [1.165, 1.54) is 19.4 Å². The van der Waals surface area contributed by atoms with Gasteiger partial charge in [-0.3, -0.25) is 4.90 Å². The van der Waals surface area contributed by atoms with Crippen molar-refractivity contribution >= 4 is 5.97 Å². The molecule has 0 saturated carbocycles. The largest absolute Gasteiger partial charge is 0.489 e. The number of methoxy groups -OCH3 is 1. The highest BCUT2D eigenvalue weighted by molar-refractivity contribution is 5.87. The molecule has 0 unspecified atom stereocenters. The number of ether oxygens (including phenoxy) is 2. The topological polar surface area (TPSA) is 51.9 Å². The van der Waals surface area contributed by atoms with Gasteiger partial charge in [-0.2, -0.15) is 0 Å². The summed E-state index contributed by atoms with van der Waals surface area (Å²) in [6.07, 6.45) is 1.45. The Labute approximate surface area is 128 Å². The number of hydrogen-bond acceptors (Lipinski definition) is 5. The Morgan fingerprint density at radius 2 is 2.09 bits per heavy atom. The number of rotatable bonds is 7. The first-order valence-corrected chi connectivity index (χ1v) is 6.82. The second-order valence-corrected chi connectivity index (χ2v) is 4.78. The zero-order valence-corrected chi connectivity index (χ0v) is 12.5. The molecule has 6 heteroatoms. The summed E-state index contributed by atoms with van der Waals surface area (Å²) in [4.78, 5) is 13.5. The number of hydrogen-bond donors (Lipinski definition) is 0. The van der Waals surface area contributed by atoms with Gasteiger partial charge in [0.15, 0.2) is 11.6 Å². The second kappa shape index (κ2) is 7.61. The van der Waals surface area contributed by atoms with Crippen molar-refractivity contribution in [2.24, 2.45) is 0 Å². The predicted octanol–water partition coefficient (Wildman–Crippen LogP) is 2.72. The van der Waals surface area contributed by atoms with E-state index in [0.717, 1.165) is 5.56 Å². The minimum atomic E-state index is -0.504. The first-order chi connectivity index (χ1) is 10.6. The van der Waals surface area contributed by atoms with Crippen LogP contribution in [0.15, 0.2) is 41.0 Å². The number of halogens is 1. The molecule has 0 atom stereocenters. The van der Waals surface area contributed by atoms with Crippen LogP contribution < -0.4 is 4.74 Å². The smallest absolute Gasteiger partial charge is 0.374 e. The summed E-state index contributed by atoms with van der Waals surface area (Å²) in [7, 11) is 3.18. The fourth-order valence-corrected chi connectivity index (χ4v) is 1.98. The number of benzene rings is 1. The van der Waals surface area contributed by atoms with Gasteiger partial charge in [-0.1, -0.05) is 12.1 Å². The summed E-state index contributed by atoms with van der Waals surface area (Å²) in [5, 5.41) is 0. The molecule has 0 aliphatic heterocycles. The number of likely N-dealkylation sites (N-methyl/N-ethyl adjacent to an activating group) is 1. The molecular weight excluding hydrogens is 289 g/mol. The Hall–Kier alpha value is -2.34. The zero-order valence-electron chi connectivity index (χ0n) is 12.5. The van der Waals surface area contributed by atoms with Gasteiger partial charge in [0.25, 0.3) is 0 Å². The molecule has 0 aliphatic rings. The van der Waals surface area contributed by atoms with Gasteiger partial charge in [0, 0.05) is 18.7 Å². The lowest BCUT2D eigenvalue weighted by Crippen LogP contribution is -2.24. The van der Waals surface area contributed by atoms with Gasteiger partial charge < -0.3 is 13.9 Å². The van der Waals surface area contributed by atoms with Crippen LogP contribution >= 0.6 is 0 Å². The molecular formula is C16H18FNO4. The van der Waals surface area contributed by atoms with Crippen molar-refractivity contribution in [1.29, 1.82) is 0 Å². The maximum absolute atomic E-state index is 13.4. The van der Waals surface area contributed by atoms with Gasteiger partial charge in [0.05, 0.1) is 13.4 Å². The molecule has 0 bridgehead atoms. The molecule has 22 heavy (non-hydrogen) atoms. The number of carbonyl (C=O) groups excluding carboxylic acids is 1. The number of furan rings is 1. The third kappa shape index (κ3) is 4.08. The fourth-order valence-electron chi connectivity index (χ4n) is 1.98. The van der Waals surface area contributed by atoms with E-state index in [1.54, 1.807) is 24.3 Å². The van der Waals surface area contributed by atoms with Crippen molar-refractivity contribution in [3.8, 4) is 5.75 Å². The molecule has 2 aromatic rings. The SMILES string of the molecule is COC(=O)c1occc1CN(C)CCOc1ccccc1F. The van der Waals surface area contributed by atoms with Crippen molar-refractivity contribution in [2.45, 2.75) is 6.54 Å². The summed E-state index contributed by atoms with van der Waals surface area (Å²) in [6, 6.07) is 7.99. The average Bonchev–Trinajstić information content (AvgIpc) is 2.96. The second-order valence-electron chi connectivity index (χ2n) is 4.78. The Bertz CT molecular complexity index is 626. The van der Waals surface area contributed by atoms with Gasteiger partial charge in [-0.15, -0.1) is 0 Å². The Kier molecular flexibility index (Phi) is 5.55. The molecule has 0 saturated heterocycles. The van der Waals surface area contributed by atoms with E-state index in [-0.39, 0.29) is 17.3 Å². The molecule has 1 heterocycles. The quantitative estimate of drug-likeness (QED) is 0.736. The Morgan fingerprint density at radius 3 is 2.82 bits per heavy atom. The summed E-state index contributed by atoms with van der Waals surface area (Å²) >= 11 is 0. The van der Waals surface area contributed by atoms with Gasteiger partial charge in [0.1, 0.15) is 6.61 Å². The molecule has 0 spiro atoms. The van der Waals surface area contributed by atoms with E-state index < -0.39 is 5.97 Å². The van der Waals surface area contributed by atoms with Crippen molar-refractivity contribution in [3.05, 3.63) is 53.7 Å². The fraction of sp³-hybridized carbons (Fsp3) is 0.312. The van der Waals surface area contributed by atoms with Crippen molar-refractivity contribution < 1.29 is 23.1 Å². The number of nitrogens with zero attached hydrogens (tertiary/aromatic N) is 1. The van der Waals surface area contributed by atoms with E-state index in [4.69, 9.17) is 9.15 Å². The maximum atomic E-state index is 13.4. The molecule has 1 aromatic heterocycles. The number of para-hydroxylation sites is 1. The standard InChI is InChI=1S/C16H18FNO4/c1-18(8-10-21-14-6-4-3-5-13(14)17)11-12-7-9-22-15(12)16(19)20-2/h3-7,9H,8,10-11H2,1-2H3. The number of esters is 1.